The first-order valence-corrected chi connectivity index (χ1v) is 10.5. The van der Waals surface area contributed by atoms with Crippen molar-refractivity contribution in [1.82, 2.24) is 4.90 Å². The smallest absolute Gasteiger partial charge is 0.296 e. The molecule has 1 fully saturated rings. The van der Waals surface area contributed by atoms with Crippen LogP contribution in [0.1, 0.15) is 41.2 Å². The second-order valence-electron chi connectivity index (χ2n) is 7.77. The zero-order chi connectivity index (χ0) is 22.8. The van der Waals surface area contributed by atoms with Gasteiger partial charge in [-0.2, -0.15) is 0 Å². The molecule has 3 aromatic rings. The summed E-state index contributed by atoms with van der Waals surface area (Å²) in [6.07, 6.45) is 0.860. The molecule has 0 spiro atoms. The van der Waals surface area contributed by atoms with E-state index in [1.807, 2.05) is 31.2 Å². The minimum Gasteiger partial charge on any atom is -0.507 e. The van der Waals surface area contributed by atoms with Gasteiger partial charge in [0.2, 0.25) is 0 Å². The van der Waals surface area contributed by atoms with Crippen LogP contribution in [0.15, 0.2) is 70.7 Å². The molecule has 1 amide bonds. The van der Waals surface area contributed by atoms with Crippen molar-refractivity contribution >= 4 is 17.4 Å². The van der Waals surface area contributed by atoms with Crippen LogP contribution in [0, 0.1) is 6.92 Å². The average Bonchev–Trinajstić information content (AvgIpc) is 3.35. The number of furan rings is 1. The van der Waals surface area contributed by atoms with E-state index in [-0.39, 0.29) is 17.9 Å². The third-order valence-electron chi connectivity index (χ3n) is 5.72. The molecule has 0 bridgehead atoms. The number of ketones is 1. The number of likely N-dealkylation sites (tertiary alicyclic amines) is 1. The predicted molar refractivity (Wildman–Crippen MR) is 120 cm³/mol. The van der Waals surface area contributed by atoms with Gasteiger partial charge in [0.25, 0.3) is 11.7 Å². The lowest BCUT2D eigenvalue weighted by Crippen LogP contribution is -2.29. The number of methoxy groups -OCH3 is 1. The lowest BCUT2D eigenvalue weighted by atomic mass is 9.98. The first kappa shape index (κ1) is 21.4. The van der Waals surface area contributed by atoms with E-state index in [0.29, 0.717) is 22.8 Å². The number of aryl methyl sites for hydroxylation is 2. The fourth-order valence-electron chi connectivity index (χ4n) is 3.92. The molecule has 164 valence electrons. The number of hydrogen-bond acceptors (Lipinski definition) is 5. The van der Waals surface area contributed by atoms with E-state index in [9.17, 15) is 14.7 Å². The average molecular weight is 431 g/mol. The normalized spacial score (nSPS) is 17.7. The summed E-state index contributed by atoms with van der Waals surface area (Å²) < 4.78 is 11.0. The van der Waals surface area contributed by atoms with Gasteiger partial charge in [0.1, 0.15) is 29.1 Å². The van der Waals surface area contributed by atoms with E-state index in [0.717, 1.165) is 17.5 Å². The second kappa shape index (κ2) is 8.75. The van der Waals surface area contributed by atoms with Crippen LogP contribution in [0.2, 0.25) is 0 Å². The van der Waals surface area contributed by atoms with Gasteiger partial charge in [0.15, 0.2) is 0 Å². The molecule has 6 nitrogen and oxygen atoms in total. The molecule has 2 aromatic carbocycles. The topological polar surface area (TPSA) is 80.0 Å². The molecule has 32 heavy (non-hydrogen) atoms. The van der Waals surface area contributed by atoms with Crippen molar-refractivity contribution in [3.63, 3.8) is 0 Å². The Balaban J connectivity index is 1.79. The van der Waals surface area contributed by atoms with Crippen LogP contribution < -0.4 is 4.74 Å². The van der Waals surface area contributed by atoms with Gasteiger partial charge >= 0.3 is 0 Å². The number of carbonyl (C=O) groups excluding carboxylic acids is 2. The molecule has 0 saturated carbocycles. The highest BCUT2D eigenvalue weighted by Crippen LogP contribution is 2.41. The molecule has 1 saturated heterocycles. The minimum atomic E-state index is -0.823. The molecule has 1 unspecified atom stereocenters. The van der Waals surface area contributed by atoms with Crippen LogP contribution in [0.3, 0.4) is 0 Å². The molecular formula is C26H25NO5. The van der Waals surface area contributed by atoms with Crippen molar-refractivity contribution < 1.29 is 23.8 Å². The number of hydrogen-bond donors (Lipinski definition) is 1. The summed E-state index contributed by atoms with van der Waals surface area (Å²) in [5, 5.41) is 11.1. The molecule has 1 N–H and O–H groups in total. The van der Waals surface area contributed by atoms with Crippen LogP contribution in [0.4, 0.5) is 0 Å². The molecule has 6 heteroatoms. The van der Waals surface area contributed by atoms with Gasteiger partial charge in [-0.25, -0.2) is 0 Å². The number of carbonyl (C=O) groups is 2. The zero-order valence-corrected chi connectivity index (χ0v) is 18.3. The first-order valence-electron chi connectivity index (χ1n) is 10.5. The van der Waals surface area contributed by atoms with E-state index in [4.69, 9.17) is 9.15 Å². The Morgan fingerprint density at radius 1 is 1.00 bits per heavy atom. The van der Waals surface area contributed by atoms with Crippen molar-refractivity contribution in [2.24, 2.45) is 0 Å². The molecule has 1 aliphatic rings. The Hall–Kier alpha value is -3.80. The largest absolute Gasteiger partial charge is 0.507 e. The Bertz CT molecular complexity index is 1170. The molecule has 2 heterocycles. The fraction of sp³-hybridized carbons (Fsp3) is 0.231. The van der Waals surface area contributed by atoms with E-state index in [1.54, 1.807) is 50.4 Å². The Morgan fingerprint density at radius 2 is 1.66 bits per heavy atom. The lowest BCUT2D eigenvalue weighted by molar-refractivity contribution is -0.140. The molecule has 0 radical (unpaired) electrons. The number of benzene rings is 2. The van der Waals surface area contributed by atoms with Gasteiger partial charge in [0, 0.05) is 12.1 Å². The number of rotatable bonds is 6. The maximum Gasteiger partial charge on any atom is 0.296 e. The van der Waals surface area contributed by atoms with Crippen LogP contribution in [0.25, 0.3) is 5.76 Å². The second-order valence-corrected chi connectivity index (χ2v) is 7.77. The Labute approximate surface area is 186 Å². The maximum atomic E-state index is 13.1. The molecule has 1 atom stereocenters. The number of nitrogens with zero attached hydrogens (tertiary/aromatic N) is 1. The van der Waals surface area contributed by atoms with E-state index in [1.165, 1.54) is 4.90 Å². The monoisotopic (exact) mass is 431 g/mol. The van der Waals surface area contributed by atoms with Crippen molar-refractivity contribution in [3.05, 3.63) is 94.4 Å². The van der Waals surface area contributed by atoms with Gasteiger partial charge in [-0.1, -0.05) is 43.3 Å². The molecule has 1 aliphatic heterocycles. The van der Waals surface area contributed by atoms with Crippen LogP contribution in [0.5, 0.6) is 5.75 Å². The summed E-state index contributed by atoms with van der Waals surface area (Å²) in [6, 6.07) is 17.3. The summed E-state index contributed by atoms with van der Waals surface area (Å²) in [7, 11) is 1.58. The summed E-state index contributed by atoms with van der Waals surface area (Å²) in [5.41, 5.74) is 2.45. The summed E-state index contributed by atoms with van der Waals surface area (Å²) in [6.45, 7) is 4.02. The van der Waals surface area contributed by atoms with Gasteiger partial charge in [-0.15, -0.1) is 0 Å². The number of aliphatic hydroxyl groups is 1. The summed E-state index contributed by atoms with van der Waals surface area (Å²) in [5.74, 6) is 0.178. The van der Waals surface area contributed by atoms with Crippen LogP contribution in [-0.4, -0.2) is 28.8 Å². The highest BCUT2D eigenvalue weighted by molar-refractivity contribution is 6.46. The van der Waals surface area contributed by atoms with Gasteiger partial charge in [-0.05, 0) is 48.7 Å². The predicted octanol–water partition coefficient (Wildman–Crippen LogP) is 4.78. The quantitative estimate of drug-likeness (QED) is 0.345. The number of aliphatic hydroxyl groups excluding tert-OH is 1. The van der Waals surface area contributed by atoms with Crippen molar-refractivity contribution in [3.8, 4) is 5.75 Å². The Kier molecular flexibility index (Phi) is 5.86. The van der Waals surface area contributed by atoms with Crippen molar-refractivity contribution in [2.45, 2.75) is 32.9 Å². The van der Waals surface area contributed by atoms with Crippen molar-refractivity contribution in [2.75, 3.05) is 7.11 Å². The van der Waals surface area contributed by atoms with Crippen LogP contribution in [-0.2, 0) is 22.6 Å². The summed E-state index contributed by atoms with van der Waals surface area (Å²) >= 11 is 0. The Morgan fingerprint density at radius 3 is 2.22 bits per heavy atom. The van der Waals surface area contributed by atoms with Gasteiger partial charge in [0.05, 0.1) is 12.7 Å². The van der Waals surface area contributed by atoms with Crippen molar-refractivity contribution in [1.29, 1.82) is 0 Å². The van der Waals surface area contributed by atoms with E-state index in [2.05, 4.69) is 0 Å². The molecule has 0 aliphatic carbocycles. The molecule has 1 aromatic heterocycles. The summed E-state index contributed by atoms with van der Waals surface area (Å²) in [4.78, 5) is 27.5. The highest BCUT2D eigenvalue weighted by Gasteiger charge is 2.47. The highest BCUT2D eigenvalue weighted by atomic mass is 16.5. The third-order valence-corrected chi connectivity index (χ3v) is 5.72. The number of ether oxygens (including phenoxy) is 1. The number of amides is 1. The fourth-order valence-corrected chi connectivity index (χ4v) is 3.92. The third kappa shape index (κ3) is 3.91. The molecule has 4 rings (SSSR count). The first-order chi connectivity index (χ1) is 15.4. The maximum absolute atomic E-state index is 13.1. The van der Waals surface area contributed by atoms with Gasteiger partial charge < -0.3 is 19.2 Å². The van der Waals surface area contributed by atoms with Crippen LogP contribution >= 0.6 is 0 Å². The van der Waals surface area contributed by atoms with Gasteiger partial charge in [-0.3, -0.25) is 9.59 Å². The SMILES string of the molecule is CCc1ccc(/C(O)=C2/C(=O)C(=O)N(Cc3ccc(OC)cc3)C2c2ccc(C)o2)cc1. The standard InChI is InChI=1S/C26H25NO5/c1-4-17-6-10-19(11-7-17)24(28)22-23(21-14-5-16(2)32-21)27(26(30)25(22)29)15-18-8-12-20(31-3)13-9-18/h5-14,23,28H,4,15H2,1-3H3/b24-22-. The molecular weight excluding hydrogens is 406 g/mol. The minimum absolute atomic E-state index is 0.0297. The lowest BCUT2D eigenvalue weighted by Gasteiger charge is -2.23. The number of Topliss-reactive ketones (excluding diaryl/α,β-unsaturated/α-hetero) is 1. The zero-order valence-electron chi connectivity index (χ0n) is 18.3. The van der Waals surface area contributed by atoms with E-state index >= 15 is 0 Å². The van der Waals surface area contributed by atoms with E-state index < -0.39 is 17.7 Å².